The zero-order valence-electron chi connectivity index (χ0n) is 53.4. The van der Waals surface area contributed by atoms with Gasteiger partial charge in [-0.1, -0.05) is 180 Å². The van der Waals surface area contributed by atoms with Crippen molar-refractivity contribution in [3.8, 4) is 0 Å². The Balaban J connectivity index is 0.000000148. The van der Waals surface area contributed by atoms with E-state index in [9.17, 15) is 0 Å². The van der Waals surface area contributed by atoms with Crippen LogP contribution in [0.4, 0.5) is 0 Å². The molecule has 0 unspecified atom stereocenters. The number of hydrogen-bond donors (Lipinski definition) is 0. The largest absolute Gasteiger partial charge is 0.456 e. The molecule has 0 bridgehead atoms. The quantitative estimate of drug-likeness (QED) is 0.142. The van der Waals surface area contributed by atoms with Crippen molar-refractivity contribution in [2.75, 3.05) is 0 Å². The SMILES string of the molecule is CC.CC.CC.CC.CC.CC.c1ccc2c(c1)oc1cccnc12.c1ccc2c(c1)oc1cccnc12.c1ccc2c(c1)oc1ccncc12.c1ccc2c(c1)oc1ccncc12.c1ccc2c(c1)oc1cnccc12.c1ccc2c(c1)oc1ncccc12. The van der Waals surface area contributed by atoms with Gasteiger partial charge in [0.25, 0.3) is 0 Å². The summed E-state index contributed by atoms with van der Waals surface area (Å²) in [6.07, 6.45) is 16.0. The van der Waals surface area contributed by atoms with E-state index in [4.69, 9.17) is 26.5 Å². The number of aromatic nitrogens is 6. The van der Waals surface area contributed by atoms with Gasteiger partial charge in [0.1, 0.15) is 55.7 Å². The summed E-state index contributed by atoms with van der Waals surface area (Å²) >= 11 is 0. The fourth-order valence-electron chi connectivity index (χ4n) is 9.37. The molecule has 0 N–H and O–H groups in total. The Labute approximate surface area is 524 Å². The molecule has 90 heavy (non-hydrogen) atoms. The first kappa shape index (κ1) is 66.5. The third-order valence-corrected chi connectivity index (χ3v) is 13.0. The summed E-state index contributed by atoms with van der Waals surface area (Å²) in [4.78, 5) is 24.9. The molecule has 12 nitrogen and oxygen atoms in total. The van der Waals surface area contributed by atoms with Crippen LogP contribution < -0.4 is 0 Å². The molecule has 12 heterocycles. The molecule has 12 aromatic heterocycles. The van der Waals surface area contributed by atoms with Crippen LogP contribution in [0.5, 0.6) is 0 Å². The topological polar surface area (TPSA) is 156 Å². The van der Waals surface area contributed by atoms with E-state index in [-0.39, 0.29) is 0 Å². The van der Waals surface area contributed by atoms with Crippen molar-refractivity contribution in [1.82, 2.24) is 29.9 Å². The van der Waals surface area contributed by atoms with Gasteiger partial charge in [-0.15, -0.1) is 0 Å². The minimum Gasteiger partial charge on any atom is -0.456 e. The zero-order valence-corrected chi connectivity index (χ0v) is 53.4. The van der Waals surface area contributed by atoms with Gasteiger partial charge in [0.05, 0.1) is 6.20 Å². The van der Waals surface area contributed by atoms with Crippen molar-refractivity contribution in [2.45, 2.75) is 83.1 Å². The number of furan rings is 6. The molecule has 0 aliphatic rings. The molecule has 0 saturated carbocycles. The molecule has 0 radical (unpaired) electrons. The Kier molecular flexibility index (Phi) is 25.9. The van der Waals surface area contributed by atoms with Gasteiger partial charge in [0.2, 0.25) is 5.71 Å². The number of benzene rings is 6. The van der Waals surface area contributed by atoms with Crippen LogP contribution in [-0.4, -0.2) is 29.9 Å². The van der Waals surface area contributed by atoms with Gasteiger partial charge >= 0.3 is 0 Å². The summed E-state index contributed by atoms with van der Waals surface area (Å²) in [5.41, 5.74) is 12.4. The van der Waals surface area contributed by atoms with Crippen molar-refractivity contribution in [2.24, 2.45) is 0 Å². The predicted octanol–water partition coefficient (Wildman–Crippen LogP) is 24.0. The number of pyridine rings is 6. The first-order chi connectivity index (χ1) is 44.7. The van der Waals surface area contributed by atoms with Crippen LogP contribution in [0.1, 0.15) is 83.1 Å². The second-order valence-corrected chi connectivity index (χ2v) is 17.8. The molecule has 0 amide bonds. The molecule has 0 spiro atoms. The maximum Gasteiger partial charge on any atom is 0.227 e. The second kappa shape index (κ2) is 35.0. The van der Waals surface area contributed by atoms with Crippen LogP contribution in [-0.2, 0) is 0 Å². The van der Waals surface area contributed by atoms with E-state index in [0.29, 0.717) is 5.71 Å². The summed E-state index contributed by atoms with van der Waals surface area (Å²) < 4.78 is 33.5. The van der Waals surface area contributed by atoms with E-state index in [2.05, 4.69) is 36.0 Å². The molecule has 456 valence electrons. The number of para-hydroxylation sites is 6. The molecule has 18 rings (SSSR count). The lowest BCUT2D eigenvalue weighted by atomic mass is 10.2. The summed E-state index contributed by atoms with van der Waals surface area (Å²) in [7, 11) is 0. The minimum absolute atomic E-state index is 0.712. The van der Waals surface area contributed by atoms with Crippen LogP contribution in [0.2, 0.25) is 0 Å². The van der Waals surface area contributed by atoms with E-state index in [0.717, 1.165) is 126 Å². The minimum atomic E-state index is 0.712. The lowest BCUT2D eigenvalue weighted by molar-refractivity contribution is 0.654. The molecule has 18 aromatic rings. The molecule has 12 heteroatoms. The fraction of sp³-hybridized carbons (Fsp3) is 0.154. The summed E-state index contributed by atoms with van der Waals surface area (Å²) in [5.74, 6) is 0. The van der Waals surface area contributed by atoms with Crippen molar-refractivity contribution < 1.29 is 26.5 Å². The highest BCUT2D eigenvalue weighted by molar-refractivity contribution is 6.07. The van der Waals surface area contributed by atoms with Gasteiger partial charge in [-0.25, -0.2) is 4.98 Å². The highest BCUT2D eigenvalue weighted by Gasteiger charge is 2.09. The van der Waals surface area contributed by atoms with E-state index in [1.165, 1.54) is 0 Å². The first-order valence-electron chi connectivity index (χ1n) is 31.0. The Hall–Kier alpha value is -11.0. The van der Waals surface area contributed by atoms with Crippen LogP contribution in [0.3, 0.4) is 0 Å². The zero-order chi connectivity index (χ0) is 64.0. The maximum atomic E-state index is 5.61. The fourth-order valence-corrected chi connectivity index (χ4v) is 9.37. The van der Waals surface area contributed by atoms with Gasteiger partial charge < -0.3 is 26.5 Å². The second-order valence-electron chi connectivity index (χ2n) is 17.8. The van der Waals surface area contributed by atoms with E-state index in [1.807, 2.05) is 290 Å². The number of fused-ring (bicyclic) bond motifs is 18. The number of nitrogens with zero attached hydrogens (tertiary/aromatic N) is 6. The van der Waals surface area contributed by atoms with Crippen molar-refractivity contribution in [3.05, 3.63) is 256 Å². The number of rotatable bonds is 0. The number of hydrogen-bond acceptors (Lipinski definition) is 12. The summed E-state index contributed by atoms with van der Waals surface area (Å²) in [6, 6.07) is 65.1. The molecule has 6 aromatic carbocycles. The van der Waals surface area contributed by atoms with Crippen LogP contribution in [0, 0.1) is 0 Å². The average Bonchev–Trinajstić information content (AvgIpc) is 2.01. The molecule has 0 fully saturated rings. The molecule has 0 aliphatic carbocycles. The molecule has 0 aliphatic heterocycles. The molecular formula is C78H78N6O6. The molecular weight excluding hydrogens is 1120 g/mol. The van der Waals surface area contributed by atoms with Gasteiger partial charge in [-0.2, -0.15) is 0 Å². The van der Waals surface area contributed by atoms with Crippen molar-refractivity contribution in [3.63, 3.8) is 0 Å². The Morgan fingerprint density at radius 1 is 0.189 bits per heavy atom. The van der Waals surface area contributed by atoms with E-state index < -0.39 is 0 Å². The lowest BCUT2D eigenvalue weighted by Crippen LogP contribution is -1.70. The molecule has 0 atom stereocenters. The summed E-state index contributed by atoms with van der Waals surface area (Å²) in [5, 5.41) is 11.1. The smallest absolute Gasteiger partial charge is 0.227 e. The Morgan fingerprint density at radius 3 is 0.900 bits per heavy atom. The third kappa shape index (κ3) is 15.6. The van der Waals surface area contributed by atoms with Gasteiger partial charge in [0.15, 0.2) is 16.7 Å². The van der Waals surface area contributed by atoms with Crippen LogP contribution in [0.25, 0.3) is 132 Å². The highest BCUT2D eigenvalue weighted by Crippen LogP contribution is 2.31. The third-order valence-electron chi connectivity index (χ3n) is 13.0. The van der Waals surface area contributed by atoms with Gasteiger partial charge in [-0.3, -0.25) is 24.9 Å². The lowest BCUT2D eigenvalue weighted by Gasteiger charge is -1.84. The van der Waals surface area contributed by atoms with Gasteiger partial charge in [-0.05, 0) is 103 Å². The van der Waals surface area contributed by atoms with E-state index >= 15 is 0 Å². The standard InChI is InChI=1S/6C11H7NO.6C2H6/c1-2-6-10-8(4-1)9-5-3-7-12-11(9)13-10;2*1-2-5-9-8(4-1)11-10(13-9)6-3-7-12-11;2*1-2-4-10-8(3-1)9-7-12-6-5-11(9)13-10;1-2-4-10-8(3-1)9-5-6-12-7-11(9)13-10;6*1-2/h6*1-7H;6*1-2H3. The van der Waals surface area contributed by atoms with Gasteiger partial charge in [0, 0.05) is 103 Å². The van der Waals surface area contributed by atoms with Crippen molar-refractivity contribution >= 4 is 132 Å². The highest BCUT2D eigenvalue weighted by atomic mass is 16.4. The normalized spacial score (nSPS) is 10.0. The van der Waals surface area contributed by atoms with Crippen LogP contribution in [0.15, 0.2) is 282 Å². The summed E-state index contributed by atoms with van der Waals surface area (Å²) in [6.45, 7) is 24.0. The average molecular weight is 1200 g/mol. The van der Waals surface area contributed by atoms with Crippen molar-refractivity contribution in [1.29, 1.82) is 0 Å². The van der Waals surface area contributed by atoms with E-state index in [1.54, 1.807) is 43.4 Å². The monoisotopic (exact) mass is 1190 g/mol. The Morgan fingerprint density at radius 2 is 0.456 bits per heavy atom. The maximum absolute atomic E-state index is 5.61. The van der Waals surface area contributed by atoms with Crippen LogP contribution >= 0.6 is 0 Å². The first-order valence-corrected chi connectivity index (χ1v) is 31.0. The Bertz CT molecular complexity index is 3930. The molecule has 0 saturated heterocycles. The predicted molar refractivity (Wildman–Crippen MR) is 377 cm³/mol.